The number of rotatable bonds is 6. The van der Waals surface area contributed by atoms with Crippen LogP contribution in [0.15, 0.2) is 48.5 Å². The summed E-state index contributed by atoms with van der Waals surface area (Å²) in [5.41, 5.74) is 1.38. The number of nitriles is 1. The Hall–Kier alpha value is -2.91. The molecule has 0 amide bonds. The lowest BCUT2D eigenvalue weighted by molar-refractivity contribution is -0.385. The van der Waals surface area contributed by atoms with E-state index in [0.29, 0.717) is 12.1 Å². The van der Waals surface area contributed by atoms with Gasteiger partial charge in [-0.3, -0.25) is 15.0 Å². The minimum atomic E-state index is -0.505. The van der Waals surface area contributed by atoms with Crippen LogP contribution in [0, 0.1) is 21.4 Å². The van der Waals surface area contributed by atoms with Crippen molar-refractivity contribution in [2.75, 3.05) is 6.54 Å². The van der Waals surface area contributed by atoms with E-state index < -0.39 is 4.92 Å². The Kier molecular flexibility index (Phi) is 5.07. The Morgan fingerprint density at radius 3 is 2.55 bits per heavy atom. The third kappa shape index (κ3) is 4.04. The van der Waals surface area contributed by atoms with Gasteiger partial charge in [-0.1, -0.05) is 30.3 Å². The van der Waals surface area contributed by atoms with Crippen LogP contribution in [-0.2, 0) is 13.1 Å². The third-order valence-electron chi connectivity index (χ3n) is 3.21. The van der Waals surface area contributed by atoms with Crippen LogP contribution >= 0.6 is 0 Å². The standard InChI is InChI=1S/C16H15N3O3/c17-8-9-18(11-13-4-2-1-3-5-13)12-14-10-15(19(21)22)6-7-16(14)20/h1-7,10,20H,9,11-12H2. The average molecular weight is 297 g/mol. The minimum Gasteiger partial charge on any atom is -0.508 e. The fraction of sp³-hybridized carbons (Fsp3) is 0.188. The SMILES string of the molecule is N#CCN(Cc1ccccc1)Cc1cc([N+](=O)[O-])ccc1O. The number of nitro groups is 1. The van der Waals surface area contributed by atoms with Crippen molar-refractivity contribution in [3.63, 3.8) is 0 Å². The molecule has 0 unspecified atom stereocenters. The maximum Gasteiger partial charge on any atom is 0.270 e. The first-order valence-corrected chi connectivity index (χ1v) is 6.69. The summed E-state index contributed by atoms with van der Waals surface area (Å²) in [6, 6.07) is 15.6. The van der Waals surface area contributed by atoms with Gasteiger partial charge in [0.1, 0.15) is 5.75 Å². The molecule has 0 atom stereocenters. The first-order chi connectivity index (χ1) is 10.6. The quantitative estimate of drug-likeness (QED) is 0.503. The molecule has 6 nitrogen and oxygen atoms in total. The summed E-state index contributed by atoms with van der Waals surface area (Å²) in [4.78, 5) is 12.1. The smallest absolute Gasteiger partial charge is 0.270 e. The van der Waals surface area contributed by atoms with Crippen molar-refractivity contribution >= 4 is 5.69 Å². The highest BCUT2D eigenvalue weighted by atomic mass is 16.6. The molecule has 0 spiro atoms. The van der Waals surface area contributed by atoms with Crippen molar-refractivity contribution in [2.45, 2.75) is 13.1 Å². The number of nitro benzene ring substituents is 1. The molecule has 0 saturated heterocycles. The summed E-state index contributed by atoms with van der Waals surface area (Å²) in [5.74, 6) is -0.0124. The number of phenolic OH excluding ortho intramolecular Hbond substituents is 1. The van der Waals surface area contributed by atoms with Crippen LogP contribution in [0.25, 0.3) is 0 Å². The molecule has 0 radical (unpaired) electrons. The number of non-ortho nitro benzene ring substituents is 1. The molecule has 0 aromatic heterocycles. The first-order valence-electron chi connectivity index (χ1n) is 6.69. The molecule has 1 N–H and O–H groups in total. The van der Waals surface area contributed by atoms with E-state index >= 15 is 0 Å². The van der Waals surface area contributed by atoms with E-state index in [-0.39, 0.29) is 24.5 Å². The Morgan fingerprint density at radius 2 is 1.91 bits per heavy atom. The summed E-state index contributed by atoms with van der Waals surface area (Å²) in [5, 5.41) is 29.6. The Bertz CT molecular complexity index is 696. The second kappa shape index (κ2) is 7.20. The molecule has 0 aliphatic carbocycles. The molecule has 0 heterocycles. The van der Waals surface area contributed by atoms with E-state index in [1.54, 1.807) is 0 Å². The van der Waals surface area contributed by atoms with E-state index in [9.17, 15) is 15.2 Å². The van der Waals surface area contributed by atoms with Crippen molar-refractivity contribution in [3.05, 3.63) is 69.8 Å². The van der Waals surface area contributed by atoms with Gasteiger partial charge in [0.2, 0.25) is 0 Å². The molecular weight excluding hydrogens is 282 g/mol. The van der Waals surface area contributed by atoms with Gasteiger partial charge < -0.3 is 5.11 Å². The molecular formula is C16H15N3O3. The molecule has 22 heavy (non-hydrogen) atoms. The molecule has 0 fully saturated rings. The third-order valence-corrected chi connectivity index (χ3v) is 3.21. The van der Waals surface area contributed by atoms with Gasteiger partial charge >= 0.3 is 0 Å². The fourth-order valence-corrected chi connectivity index (χ4v) is 2.16. The minimum absolute atomic E-state index is 0.0124. The molecule has 2 rings (SSSR count). The Labute approximate surface area is 128 Å². The lowest BCUT2D eigenvalue weighted by atomic mass is 10.1. The molecule has 0 aliphatic heterocycles. The van der Waals surface area contributed by atoms with Gasteiger partial charge in [0, 0.05) is 30.8 Å². The Morgan fingerprint density at radius 1 is 1.18 bits per heavy atom. The number of hydrogen-bond donors (Lipinski definition) is 1. The van der Waals surface area contributed by atoms with Crippen LogP contribution in [-0.4, -0.2) is 21.5 Å². The molecule has 0 bridgehead atoms. The molecule has 0 saturated carbocycles. The van der Waals surface area contributed by atoms with E-state index in [4.69, 9.17) is 5.26 Å². The predicted octanol–water partition coefficient (Wildman–Crippen LogP) is 2.83. The van der Waals surface area contributed by atoms with Crippen LogP contribution < -0.4 is 0 Å². The number of phenols is 1. The van der Waals surface area contributed by atoms with Gasteiger partial charge in [0.05, 0.1) is 17.5 Å². The lowest BCUT2D eigenvalue weighted by Gasteiger charge is -2.19. The molecule has 0 aliphatic rings. The summed E-state index contributed by atoms with van der Waals surface area (Å²) in [7, 11) is 0. The normalized spacial score (nSPS) is 10.4. The first kappa shape index (κ1) is 15.5. The van der Waals surface area contributed by atoms with Gasteiger partial charge in [-0.05, 0) is 11.6 Å². The van der Waals surface area contributed by atoms with E-state index in [2.05, 4.69) is 6.07 Å². The number of aromatic hydroxyl groups is 1. The summed E-state index contributed by atoms with van der Waals surface area (Å²) < 4.78 is 0. The second-order valence-electron chi connectivity index (χ2n) is 4.86. The predicted molar refractivity (Wildman–Crippen MR) is 80.9 cm³/mol. The van der Waals surface area contributed by atoms with Gasteiger partial charge in [-0.2, -0.15) is 5.26 Å². The van der Waals surface area contributed by atoms with Crippen molar-refractivity contribution in [1.29, 1.82) is 5.26 Å². The number of benzene rings is 2. The van der Waals surface area contributed by atoms with Crippen molar-refractivity contribution in [1.82, 2.24) is 4.90 Å². The maximum absolute atomic E-state index is 10.8. The summed E-state index contributed by atoms with van der Waals surface area (Å²) in [6.45, 7) is 0.948. The number of hydrogen-bond acceptors (Lipinski definition) is 5. The highest BCUT2D eigenvalue weighted by molar-refractivity contribution is 5.43. The molecule has 112 valence electrons. The molecule has 6 heteroatoms. The van der Waals surface area contributed by atoms with Crippen molar-refractivity contribution < 1.29 is 10.0 Å². The highest BCUT2D eigenvalue weighted by Gasteiger charge is 2.14. The van der Waals surface area contributed by atoms with Crippen LogP contribution in [0.2, 0.25) is 0 Å². The molecule has 2 aromatic rings. The zero-order valence-electron chi connectivity index (χ0n) is 11.8. The Balaban J connectivity index is 2.19. The second-order valence-corrected chi connectivity index (χ2v) is 4.86. The van der Waals surface area contributed by atoms with Crippen LogP contribution in [0.4, 0.5) is 5.69 Å². The zero-order valence-corrected chi connectivity index (χ0v) is 11.8. The van der Waals surface area contributed by atoms with Gasteiger partial charge in [-0.25, -0.2) is 0 Å². The van der Waals surface area contributed by atoms with E-state index in [0.717, 1.165) is 5.56 Å². The number of nitrogens with zero attached hydrogens (tertiary/aromatic N) is 3. The monoisotopic (exact) mass is 297 g/mol. The lowest BCUT2D eigenvalue weighted by Crippen LogP contribution is -2.23. The van der Waals surface area contributed by atoms with E-state index in [1.165, 1.54) is 18.2 Å². The summed E-state index contributed by atoms with van der Waals surface area (Å²) >= 11 is 0. The van der Waals surface area contributed by atoms with Crippen molar-refractivity contribution in [2.24, 2.45) is 0 Å². The maximum atomic E-state index is 10.8. The largest absolute Gasteiger partial charge is 0.508 e. The van der Waals surface area contributed by atoms with Gasteiger partial charge in [0.15, 0.2) is 0 Å². The highest BCUT2D eigenvalue weighted by Crippen LogP contribution is 2.24. The topological polar surface area (TPSA) is 90.4 Å². The van der Waals surface area contributed by atoms with E-state index in [1.807, 2.05) is 35.2 Å². The molecule has 2 aromatic carbocycles. The van der Waals surface area contributed by atoms with Gasteiger partial charge in [-0.15, -0.1) is 0 Å². The fourth-order valence-electron chi connectivity index (χ4n) is 2.16. The summed E-state index contributed by atoms with van der Waals surface area (Å²) in [6.07, 6.45) is 0. The van der Waals surface area contributed by atoms with Gasteiger partial charge in [0.25, 0.3) is 5.69 Å². The van der Waals surface area contributed by atoms with Crippen LogP contribution in [0.3, 0.4) is 0 Å². The van der Waals surface area contributed by atoms with Crippen LogP contribution in [0.1, 0.15) is 11.1 Å². The zero-order chi connectivity index (χ0) is 15.9. The van der Waals surface area contributed by atoms with Crippen LogP contribution in [0.5, 0.6) is 5.75 Å². The average Bonchev–Trinajstić information content (AvgIpc) is 2.50. The van der Waals surface area contributed by atoms with Crippen molar-refractivity contribution in [3.8, 4) is 11.8 Å².